The number of Topliss-reactive ketones (excluding diaryl/α,β-unsaturated/α-hetero) is 1. The SMILES string of the molecule is COC(=O)OC1CN(CCC2COc3ccccc3C2)CCC1=O. The Labute approximate surface area is 141 Å². The molecule has 0 radical (unpaired) electrons. The van der Waals surface area contributed by atoms with Crippen LogP contribution in [0.15, 0.2) is 24.3 Å². The maximum absolute atomic E-state index is 11.9. The molecule has 3 rings (SSSR count). The quantitative estimate of drug-likeness (QED) is 0.786. The first-order chi connectivity index (χ1) is 11.7. The zero-order valence-electron chi connectivity index (χ0n) is 13.9. The molecule has 6 heteroatoms. The fraction of sp³-hybridized carbons (Fsp3) is 0.556. The standard InChI is InChI=1S/C18H23NO5/c1-22-18(21)24-17-11-19(9-7-15(17)20)8-6-13-10-14-4-2-3-5-16(14)23-12-13/h2-5,13,17H,6-12H2,1H3. The smallest absolute Gasteiger partial charge is 0.493 e. The summed E-state index contributed by atoms with van der Waals surface area (Å²) in [5, 5.41) is 0. The summed E-state index contributed by atoms with van der Waals surface area (Å²) >= 11 is 0. The molecule has 0 bridgehead atoms. The number of methoxy groups -OCH3 is 1. The number of hydrogen-bond donors (Lipinski definition) is 0. The van der Waals surface area contributed by atoms with Gasteiger partial charge < -0.3 is 14.2 Å². The van der Waals surface area contributed by atoms with Crippen molar-refractivity contribution in [1.82, 2.24) is 4.90 Å². The summed E-state index contributed by atoms with van der Waals surface area (Å²) in [6, 6.07) is 8.15. The molecular formula is C18H23NO5. The fourth-order valence-corrected chi connectivity index (χ4v) is 3.27. The Morgan fingerprint density at radius 2 is 2.21 bits per heavy atom. The Hall–Kier alpha value is -2.08. The van der Waals surface area contributed by atoms with E-state index in [4.69, 9.17) is 9.47 Å². The van der Waals surface area contributed by atoms with Gasteiger partial charge in [-0.2, -0.15) is 0 Å². The van der Waals surface area contributed by atoms with Crippen molar-refractivity contribution in [2.24, 2.45) is 5.92 Å². The topological polar surface area (TPSA) is 65.1 Å². The molecule has 1 aromatic carbocycles. The van der Waals surface area contributed by atoms with E-state index < -0.39 is 12.3 Å². The lowest BCUT2D eigenvalue weighted by Crippen LogP contribution is -2.47. The van der Waals surface area contributed by atoms with Crippen molar-refractivity contribution in [3.8, 4) is 5.75 Å². The van der Waals surface area contributed by atoms with E-state index in [-0.39, 0.29) is 5.78 Å². The Morgan fingerprint density at radius 1 is 1.38 bits per heavy atom. The summed E-state index contributed by atoms with van der Waals surface area (Å²) < 4.78 is 15.3. The van der Waals surface area contributed by atoms with Crippen LogP contribution in [-0.2, 0) is 20.7 Å². The van der Waals surface area contributed by atoms with E-state index in [0.717, 1.165) is 31.7 Å². The summed E-state index contributed by atoms with van der Waals surface area (Å²) in [5.41, 5.74) is 1.26. The lowest BCUT2D eigenvalue weighted by atomic mass is 9.93. The molecule has 0 N–H and O–H groups in total. The molecule has 0 saturated carbocycles. The van der Waals surface area contributed by atoms with Crippen LogP contribution in [0.25, 0.3) is 0 Å². The monoisotopic (exact) mass is 333 g/mol. The van der Waals surface area contributed by atoms with Gasteiger partial charge in [0.25, 0.3) is 0 Å². The number of hydrogen-bond acceptors (Lipinski definition) is 6. The third-order valence-corrected chi connectivity index (χ3v) is 4.67. The molecule has 0 amide bonds. The highest BCUT2D eigenvalue weighted by atomic mass is 16.7. The minimum Gasteiger partial charge on any atom is -0.493 e. The molecule has 2 aliphatic heterocycles. The van der Waals surface area contributed by atoms with Crippen LogP contribution in [0.3, 0.4) is 0 Å². The molecule has 2 aliphatic rings. The number of carbonyl (C=O) groups is 2. The highest BCUT2D eigenvalue weighted by molar-refractivity contribution is 5.85. The van der Waals surface area contributed by atoms with Gasteiger partial charge in [-0.1, -0.05) is 18.2 Å². The molecule has 24 heavy (non-hydrogen) atoms. The summed E-state index contributed by atoms with van der Waals surface area (Å²) in [7, 11) is 1.24. The van der Waals surface area contributed by atoms with Gasteiger partial charge in [0, 0.05) is 19.5 Å². The third-order valence-electron chi connectivity index (χ3n) is 4.67. The second-order valence-electron chi connectivity index (χ2n) is 6.36. The molecule has 1 aromatic rings. The van der Waals surface area contributed by atoms with Crippen molar-refractivity contribution in [2.75, 3.05) is 33.4 Å². The number of rotatable bonds is 4. The number of carbonyl (C=O) groups excluding carboxylic acids is 2. The Bertz CT molecular complexity index is 603. The van der Waals surface area contributed by atoms with E-state index in [0.29, 0.717) is 25.4 Å². The average molecular weight is 333 g/mol. The first-order valence-electron chi connectivity index (χ1n) is 8.36. The van der Waals surface area contributed by atoms with Crippen LogP contribution in [0.4, 0.5) is 4.79 Å². The lowest BCUT2D eigenvalue weighted by Gasteiger charge is -2.32. The van der Waals surface area contributed by atoms with Crippen LogP contribution in [0.2, 0.25) is 0 Å². The minimum atomic E-state index is -0.799. The van der Waals surface area contributed by atoms with E-state index in [1.807, 2.05) is 18.2 Å². The number of para-hydroxylation sites is 1. The first-order valence-corrected chi connectivity index (χ1v) is 8.36. The maximum Gasteiger partial charge on any atom is 0.508 e. The number of piperidine rings is 1. The summed E-state index contributed by atoms with van der Waals surface area (Å²) in [5.74, 6) is 1.42. The van der Waals surface area contributed by atoms with Gasteiger partial charge in [-0.3, -0.25) is 9.69 Å². The largest absolute Gasteiger partial charge is 0.508 e. The van der Waals surface area contributed by atoms with Crippen LogP contribution >= 0.6 is 0 Å². The van der Waals surface area contributed by atoms with Gasteiger partial charge in [0.1, 0.15) is 5.75 Å². The second kappa shape index (κ2) is 7.66. The van der Waals surface area contributed by atoms with E-state index in [1.54, 1.807) is 0 Å². The zero-order valence-corrected chi connectivity index (χ0v) is 13.9. The average Bonchev–Trinajstić information content (AvgIpc) is 2.62. The van der Waals surface area contributed by atoms with Gasteiger partial charge in [-0.15, -0.1) is 0 Å². The summed E-state index contributed by atoms with van der Waals surface area (Å²) in [6.07, 6.45) is 0.909. The number of fused-ring (bicyclic) bond motifs is 1. The van der Waals surface area contributed by atoms with Crippen LogP contribution in [-0.4, -0.2) is 56.3 Å². The Balaban J connectivity index is 1.48. The highest BCUT2D eigenvalue weighted by Gasteiger charge is 2.31. The van der Waals surface area contributed by atoms with Gasteiger partial charge in [0.15, 0.2) is 11.9 Å². The molecule has 2 unspecified atom stereocenters. The van der Waals surface area contributed by atoms with Crippen molar-refractivity contribution in [1.29, 1.82) is 0 Å². The van der Waals surface area contributed by atoms with Crippen molar-refractivity contribution >= 4 is 11.9 Å². The van der Waals surface area contributed by atoms with Crippen LogP contribution < -0.4 is 4.74 Å². The Kier molecular flexibility index (Phi) is 5.35. The predicted molar refractivity (Wildman–Crippen MR) is 87.1 cm³/mol. The fourth-order valence-electron chi connectivity index (χ4n) is 3.27. The number of ether oxygens (including phenoxy) is 3. The predicted octanol–water partition coefficient (Wildman–Crippen LogP) is 2.05. The Morgan fingerprint density at radius 3 is 3.04 bits per heavy atom. The van der Waals surface area contributed by atoms with Gasteiger partial charge in [0.2, 0.25) is 0 Å². The molecule has 0 aromatic heterocycles. The van der Waals surface area contributed by atoms with Crippen molar-refractivity contribution in [2.45, 2.75) is 25.4 Å². The first kappa shape index (κ1) is 16.8. The molecule has 1 saturated heterocycles. The highest BCUT2D eigenvalue weighted by Crippen LogP contribution is 2.28. The van der Waals surface area contributed by atoms with Gasteiger partial charge in [0.05, 0.1) is 13.7 Å². The number of ketones is 1. The normalized spacial score (nSPS) is 24.0. The van der Waals surface area contributed by atoms with E-state index in [2.05, 4.69) is 15.7 Å². The molecule has 2 heterocycles. The van der Waals surface area contributed by atoms with Crippen molar-refractivity contribution in [3.05, 3.63) is 29.8 Å². The second-order valence-corrected chi connectivity index (χ2v) is 6.36. The molecule has 1 fully saturated rings. The van der Waals surface area contributed by atoms with E-state index in [9.17, 15) is 9.59 Å². The van der Waals surface area contributed by atoms with Crippen molar-refractivity contribution < 1.29 is 23.8 Å². The minimum absolute atomic E-state index is 0.0356. The molecule has 130 valence electrons. The third kappa shape index (κ3) is 4.06. The van der Waals surface area contributed by atoms with Crippen LogP contribution in [0.1, 0.15) is 18.4 Å². The molecule has 0 aliphatic carbocycles. The number of nitrogens with zero attached hydrogens (tertiary/aromatic N) is 1. The number of likely N-dealkylation sites (tertiary alicyclic amines) is 1. The van der Waals surface area contributed by atoms with Crippen molar-refractivity contribution in [3.63, 3.8) is 0 Å². The lowest BCUT2D eigenvalue weighted by molar-refractivity contribution is -0.133. The van der Waals surface area contributed by atoms with Crippen LogP contribution in [0.5, 0.6) is 5.75 Å². The zero-order chi connectivity index (χ0) is 16.9. The van der Waals surface area contributed by atoms with Gasteiger partial charge in [-0.25, -0.2) is 4.79 Å². The molecule has 6 nitrogen and oxygen atoms in total. The summed E-state index contributed by atoms with van der Waals surface area (Å²) in [6.45, 7) is 2.75. The molecular weight excluding hydrogens is 310 g/mol. The van der Waals surface area contributed by atoms with Gasteiger partial charge in [-0.05, 0) is 36.9 Å². The molecule has 0 spiro atoms. The van der Waals surface area contributed by atoms with E-state index in [1.165, 1.54) is 12.7 Å². The summed E-state index contributed by atoms with van der Waals surface area (Å²) in [4.78, 5) is 25.3. The molecule has 2 atom stereocenters. The van der Waals surface area contributed by atoms with Gasteiger partial charge >= 0.3 is 6.16 Å². The number of benzene rings is 1. The maximum atomic E-state index is 11.9. The van der Waals surface area contributed by atoms with Crippen LogP contribution in [0, 0.1) is 5.92 Å². The van der Waals surface area contributed by atoms with E-state index >= 15 is 0 Å².